The van der Waals surface area contributed by atoms with Gasteiger partial charge in [0.25, 0.3) is 11.8 Å². The Labute approximate surface area is 156 Å². The highest BCUT2D eigenvalue weighted by Gasteiger charge is 2.34. The second kappa shape index (κ2) is 6.94. The van der Waals surface area contributed by atoms with Gasteiger partial charge in [-0.3, -0.25) is 9.59 Å². The molecule has 2 aliphatic heterocycles. The van der Waals surface area contributed by atoms with Crippen molar-refractivity contribution in [1.29, 1.82) is 0 Å². The lowest BCUT2D eigenvalue weighted by atomic mass is 10.1. The number of hydrogen-bond acceptors (Lipinski definition) is 6. The molecule has 2 aliphatic rings. The highest BCUT2D eigenvalue weighted by molar-refractivity contribution is 5.96. The maximum atomic E-state index is 12.8. The number of ether oxygens (including phenoxy) is 2. The van der Waals surface area contributed by atoms with Gasteiger partial charge in [-0.25, -0.2) is 0 Å². The van der Waals surface area contributed by atoms with Crippen molar-refractivity contribution in [2.24, 2.45) is 0 Å². The summed E-state index contributed by atoms with van der Waals surface area (Å²) < 4.78 is 16.5. The van der Waals surface area contributed by atoms with Crippen molar-refractivity contribution < 1.29 is 23.6 Å². The Morgan fingerprint density at radius 3 is 2.37 bits per heavy atom. The molecule has 0 bridgehead atoms. The molecule has 0 aliphatic carbocycles. The molecule has 8 nitrogen and oxygen atoms in total. The monoisotopic (exact) mass is 371 g/mol. The highest BCUT2D eigenvalue weighted by Crippen LogP contribution is 2.31. The Hall–Kier alpha value is -3.03. The van der Waals surface area contributed by atoms with E-state index in [-0.39, 0.29) is 18.4 Å². The van der Waals surface area contributed by atoms with Crippen LogP contribution in [0.2, 0.25) is 0 Å². The molecule has 2 aromatic rings. The number of aromatic nitrogens is 1. The summed E-state index contributed by atoms with van der Waals surface area (Å²) in [7, 11) is 0. The molecule has 0 saturated carbocycles. The summed E-state index contributed by atoms with van der Waals surface area (Å²) in [5.41, 5.74) is 1.10. The van der Waals surface area contributed by atoms with E-state index < -0.39 is 6.10 Å². The molecule has 1 aromatic carbocycles. The van der Waals surface area contributed by atoms with Crippen molar-refractivity contribution >= 4 is 11.8 Å². The summed E-state index contributed by atoms with van der Waals surface area (Å²) in [6.45, 7) is 5.49. The van der Waals surface area contributed by atoms with E-state index in [0.717, 1.165) is 0 Å². The molecule has 142 valence electrons. The molecular formula is C19H21N3O5. The van der Waals surface area contributed by atoms with E-state index in [9.17, 15) is 9.59 Å². The van der Waals surface area contributed by atoms with Crippen molar-refractivity contribution in [2.75, 3.05) is 32.8 Å². The zero-order valence-electron chi connectivity index (χ0n) is 15.3. The Morgan fingerprint density at radius 2 is 1.70 bits per heavy atom. The third-order valence-corrected chi connectivity index (χ3v) is 4.91. The van der Waals surface area contributed by atoms with Crippen LogP contribution in [0.15, 0.2) is 28.8 Å². The largest absolute Gasteiger partial charge is 0.485 e. The Morgan fingerprint density at radius 1 is 1.04 bits per heavy atom. The fraction of sp³-hybridized carbons (Fsp3) is 0.421. The lowest BCUT2D eigenvalue weighted by molar-refractivity contribution is -0.142. The number of nitrogens with zero attached hydrogens (tertiary/aromatic N) is 3. The van der Waals surface area contributed by atoms with Crippen molar-refractivity contribution in [1.82, 2.24) is 15.0 Å². The Balaban J connectivity index is 1.37. The summed E-state index contributed by atoms with van der Waals surface area (Å²) in [5, 5.41) is 3.84. The minimum Gasteiger partial charge on any atom is -0.485 e. The number of carbonyl (C=O) groups is 2. The van der Waals surface area contributed by atoms with E-state index >= 15 is 0 Å². The molecule has 8 heteroatoms. The Kier molecular flexibility index (Phi) is 4.47. The van der Waals surface area contributed by atoms with Gasteiger partial charge in [-0.2, -0.15) is 0 Å². The van der Waals surface area contributed by atoms with Crippen LogP contribution in [0.25, 0.3) is 0 Å². The SMILES string of the molecule is Cc1noc(C)c1C(=O)N1CCN(C(=O)[C@@H]2COc3ccccc3O2)CC1. The average molecular weight is 371 g/mol. The van der Waals surface area contributed by atoms with E-state index in [4.69, 9.17) is 14.0 Å². The first kappa shape index (κ1) is 17.4. The second-order valence-corrected chi connectivity index (χ2v) is 6.68. The van der Waals surface area contributed by atoms with Crippen LogP contribution in [0.3, 0.4) is 0 Å². The normalized spacial score (nSPS) is 19.1. The molecule has 27 heavy (non-hydrogen) atoms. The molecule has 1 atom stereocenters. The first-order valence-electron chi connectivity index (χ1n) is 8.94. The molecular weight excluding hydrogens is 350 g/mol. The van der Waals surface area contributed by atoms with Crippen LogP contribution in [-0.4, -0.2) is 65.7 Å². The summed E-state index contributed by atoms with van der Waals surface area (Å²) in [5.74, 6) is 1.52. The Bertz CT molecular complexity index is 850. The van der Waals surface area contributed by atoms with Crippen LogP contribution >= 0.6 is 0 Å². The van der Waals surface area contributed by atoms with Gasteiger partial charge in [0.2, 0.25) is 6.10 Å². The molecule has 1 saturated heterocycles. The minimum atomic E-state index is -0.662. The summed E-state index contributed by atoms with van der Waals surface area (Å²) in [6.07, 6.45) is -0.662. The van der Waals surface area contributed by atoms with Gasteiger partial charge in [-0.15, -0.1) is 0 Å². The van der Waals surface area contributed by atoms with Gasteiger partial charge in [0, 0.05) is 26.2 Å². The van der Waals surface area contributed by atoms with Gasteiger partial charge < -0.3 is 23.8 Å². The molecule has 2 amide bonds. The molecule has 1 aromatic heterocycles. The fourth-order valence-corrected chi connectivity index (χ4v) is 3.42. The third-order valence-electron chi connectivity index (χ3n) is 4.91. The molecule has 0 spiro atoms. The first-order valence-corrected chi connectivity index (χ1v) is 8.94. The van der Waals surface area contributed by atoms with Gasteiger partial charge in [0.05, 0.1) is 5.69 Å². The maximum absolute atomic E-state index is 12.8. The lowest BCUT2D eigenvalue weighted by Crippen LogP contribution is -2.55. The van der Waals surface area contributed by atoms with Crippen LogP contribution in [0.4, 0.5) is 0 Å². The zero-order chi connectivity index (χ0) is 19.0. The smallest absolute Gasteiger partial charge is 0.267 e. The number of piperazine rings is 1. The fourth-order valence-electron chi connectivity index (χ4n) is 3.42. The quantitative estimate of drug-likeness (QED) is 0.794. The summed E-state index contributed by atoms with van der Waals surface area (Å²) in [6, 6.07) is 7.30. The third kappa shape index (κ3) is 3.22. The predicted molar refractivity (Wildman–Crippen MR) is 94.8 cm³/mol. The second-order valence-electron chi connectivity index (χ2n) is 6.68. The predicted octanol–water partition coefficient (Wildman–Crippen LogP) is 1.42. The number of hydrogen-bond donors (Lipinski definition) is 0. The number of rotatable bonds is 2. The van der Waals surface area contributed by atoms with E-state index in [1.807, 2.05) is 18.2 Å². The van der Waals surface area contributed by atoms with Crippen LogP contribution in [0.1, 0.15) is 21.8 Å². The maximum Gasteiger partial charge on any atom is 0.267 e. The molecule has 4 rings (SSSR count). The van der Waals surface area contributed by atoms with Gasteiger partial charge in [0.1, 0.15) is 17.9 Å². The molecule has 1 fully saturated rings. The van der Waals surface area contributed by atoms with Crippen LogP contribution in [0, 0.1) is 13.8 Å². The number of para-hydroxylation sites is 2. The van der Waals surface area contributed by atoms with E-state index in [1.54, 1.807) is 29.7 Å². The average Bonchev–Trinajstić information content (AvgIpc) is 3.04. The van der Waals surface area contributed by atoms with Crippen LogP contribution < -0.4 is 9.47 Å². The van der Waals surface area contributed by atoms with Crippen molar-refractivity contribution in [3.05, 3.63) is 41.3 Å². The number of aryl methyl sites for hydroxylation is 2. The molecule has 0 unspecified atom stereocenters. The van der Waals surface area contributed by atoms with Crippen LogP contribution in [-0.2, 0) is 4.79 Å². The first-order chi connectivity index (χ1) is 13.0. The van der Waals surface area contributed by atoms with E-state index in [2.05, 4.69) is 5.16 Å². The van der Waals surface area contributed by atoms with Gasteiger partial charge in [-0.1, -0.05) is 17.3 Å². The highest BCUT2D eigenvalue weighted by atomic mass is 16.6. The number of carbonyl (C=O) groups excluding carboxylic acids is 2. The van der Waals surface area contributed by atoms with Gasteiger partial charge >= 0.3 is 0 Å². The van der Waals surface area contributed by atoms with Gasteiger partial charge in [0.15, 0.2) is 11.5 Å². The van der Waals surface area contributed by atoms with Crippen molar-refractivity contribution in [3.8, 4) is 11.5 Å². The topological polar surface area (TPSA) is 85.1 Å². The molecule has 0 radical (unpaired) electrons. The lowest BCUT2D eigenvalue weighted by Gasteiger charge is -2.37. The minimum absolute atomic E-state index is 0.107. The number of amides is 2. The molecule has 3 heterocycles. The van der Waals surface area contributed by atoms with E-state index in [0.29, 0.717) is 54.7 Å². The standard InChI is InChI=1S/C19H21N3O5/c1-12-17(13(2)27-20-12)19(24)22-9-7-21(8-10-22)18(23)16-11-25-14-5-3-4-6-15(14)26-16/h3-6,16H,7-11H2,1-2H3/t16-/m0/s1. The van der Waals surface area contributed by atoms with Crippen LogP contribution in [0.5, 0.6) is 11.5 Å². The summed E-state index contributed by atoms with van der Waals surface area (Å²) in [4.78, 5) is 28.9. The van der Waals surface area contributed by atoms with Crippen molar-refractivity contribution in [2.45, 2.75) is 20.0 Å². The van der Waals surface area contributed by atoms with Gasteiger partial charge in [-0.05, 0) is 26.0 Å². The summed E-state index contributed by atoms with van der Waals surface area (Å²) >= 11 is 0. The van der Waals surface area contributed by atoms with Crippen molar-refractivity contribution in [3.63, 3.8) is 0 Å². The van der Waals surface area contributed by atoms with E-state index in [1.165, 1.54) is 0 Å². The number of benzene rings is 1. The molecule has 0 N–H and O–H groups in total. The number of fused-ring (bicyclic) bond motifs is 1. The zero-order valence-corrected chi connectivity index (χ0v) is 15.3.